The molecular weight excluding hydrogens is 486 g/mol. The van der Waals surface area contributed by atoms with Gasteiger partial charge in [0.1, 0.15) is 6.04 Å². The van der Waals surface area contributed by atoms with Crippen molar-refractivity contribution in [2.24, 2.45) is 0 Å². The van der Waals surface area contributed by atoms with Crippen molar-refractivity contribution in [1.82, 2.24) is 10.2 Å². The number of nitrogens with one attached hydrogen (secondary N) is 1. The van der Waals surface area contributed by atoms with E-state index in [1.807, 2.05) is 63.2 Å². The Balaban J connectivity index is 1.73. The van der Waals surface area contributed by atoms with Crippen LogP contribution in [0, 0.1) is 20.8 Å². The molecule has 1 aliphatic rings. The summed E-state index contributed by atoms with van der Waals surface area (Å²) in [5.74, 6) is -0.301. The van der Waals surface area contributed by atoms with Gasteiger partial charge < -0.3 is 10.2 Å². The number of hydrogen-bond donors (Lipinski definition) is 1. The molecule has 8 heteroatoms. The number of hydrogen-bond acceptors (Lipinski definition) is 4. The van der Waals surface area contributed by atoms with Gasteiger partial charge >= 0.3 is 0 Å². The van der Waals surface area contributed by atoms with Crippen LogP contribution in [-0.4, -0.2) is 50.0 Å². The Bertz CT molecular complexity index is 1190. The van der Waals surface area contributed by atoms with E-state index in [1.165, 1.54) is 10.6 Å². The van der Waals surface area contributed by atoms with Gasteiger partial charge in [-0.2, -0.15) is 0 Å². The van der Waals surface area contributed by atoms with Gasteiger partial charge in [-0.25, -0.2) is 8.42 Å². The molecule has 2 aromatic carbocycles. The highest BCUT2D eigenvalue weighted by Crippen LogP contribution is 2.25. The van der Waals surface area contributed by atoms with Gasteiger partial charge in [0.05, 0.1) is 11.9 Å². The first-order valence-electron chi connectivity index (χ1n) is 13.2. The van der Waals surface area contributed by atoms with Gasteiger partial charge in [0.15, 0.2) is 0 Å². The molecule has 0 aromatic heterocycles. The molecule has 2 aromatic rings. The summed E-state index contributed by atoms with van der Waals surface area (Å²) in [6.45, 7) is 8.10. The summed E-state index contributed by atoms with van der Waals surface area (Å²) in [5.41, 5.74) is 4.54. The van der Waals surface area contributed by atoms with E-state index in [2.05, 4.69) is 5.32 Å². The number of aryl methyl sites for hydroxylation is 3. The molecule has 1 atom stereocenters. The monoisotopic (exact) mass is 527 g/mol. The zero-order valence-electron chi connectivity index (χ0n) is 22.8. The average molecular weight is 528 g/mol. The van der Waals surface area contributed by atoms with E-state index in [0.29, 0.717) is 18.7 Å². The summed E-state index contributed by atoms with van der Waals surface area (Å²) in [6, 6.07) is 13.2. The van der Waals surface area contributed by atoms with Crippen molar-refractivity contribution in [3.63, 3.8) is 0 Å². The van der Waals surface area contributed by atoms with Crippen LogP contribution in [0.15, 0.2) is 42.5 Å². The van der Waals surface area contributed by atoms with Crippen molar-refractivity contribution in [2.75, 3.05) is 17.1 Å². The molecule has 0 bridgehead atoms. The molecule has 0 aliphatic heterocycles. The van der Waals surface area contributed by atoms with E-state index in [9.17, 15) is 18.0 Å². The number of anilines is 1. The lowest BCUT2D eigenvalue weighted by Gasteiger charge is -2.30. The second kappa shape index (κ2) is 12.6. The third-order valence-corrected chi connectivity index (χ3v) is 8.31. The lowest BCUT2D eigenvalue weighted by molar-refractivity contribution is -0.141. The van der Waals surface area contributed by atoms with Crippen LogP contribution in [0.3, 0.4) is 0 Å². The molecule has 0 unspecified atom stereocenters. The van der Waals surface area contributed by atoms with E-state index >= 15 is 0 Å². The summed E-state index contributed by atoms with van der Waals surface area (Å²) in [7, 11) is -3.53. The number of nitrogens with zero attached hydrogens (tertiary/aromatic N) is 2. The summed E-state index contributed by atoms with van der Waals surface area (Å²) in [4.78, 5) is 28.2. The first-order chi connectivity index (χ1) is 17.5. The van der Waals surface area contributed by atoms with Crippen LogP contribution < -0.4 is 9.62 Å². The van der Waals surface area contributed by atoms with Crippen LogP contribution in [0.2, 0.25) is 0 Å². The molecule has 0 spiro atoms. The van der Waals surface area contributed by atoms with Gasteiger partial charge in [-0.15, -0.1) is 0 Å². The second-order valence-electron chi connectivity index (χ2n) is 10.4. The van der Waals surface area contributed by atoms with Gasteiger partial charge in [0.2, 0.25) is 21.8 Å². The summed E-state index contributed by atoms with van der Waals surface area (Å²) < 4.78 is 26.6. The Morgan fingerprint density at radius 3 is 2.24 bits per heavy atom. The zero-order chi connectivity index (χ0) is 27.2. The van der Waals surface area contributed by atoms with Crippen LogP contribution >= 0.6 is 0 Å². The molecule has 1 fully saturated rings. The van der Waals surface area contributed by atoms with Crippen molar-refractivity contribution >= 4 is 27.5 Å². The lowest BCUT2D eigenvalue weighted by atomic mass is 10.1. The van der Waals surface area contributed by atoms with Gasteiger partial charge in [0.25, 0.3) is 0 Å². The molecule has 7 nitrogen and oxygen atoms in total. The van der Waals surface area contributed by atoms with E-state index in [4.69, 9.17) is 0 Å². The van der Waals surface area contributed by atoms with Crippen LogP contribution in [0.5, 0.6) is 0 Å². The Labute approximate surface area is 222 Å². The van der Waals surface area contributed by atoms with Gasteiger partial charge in [0, 0.05) is 25.6 Å². The largest absolute Gasteiger partial charge is 0.352 e. The Hall–Kier alpha value is -2.87. The van der Waals surface area contributed by atoms with Gasteiger partial charge in [-0.05, 0) is 69.7 Å². The molecule has 2 amide bonds. The molecule has 3 rings (SSSR count). The smallest absolute Gasteiger partial charge is 0.242 e. The van der Waals surface area contributed by atoms with E-state index in [-0.39, 0.29) is 30.8 Å². The maximum absolute atomic E-state index is 13.5. The van der Waals surface area contributed by atoms with Crippen molar-refractivity contribution in [2.45, 2.75) is 84.8 Å². The summed E-state index contributed by atoms with van der Waals surface area (Å²) >= 11 is 0. The van der Waals surface area contributed by atoms with Crippen molar-refractivity contribution in [3.05, 3.63) is 64.7 Å². The third kappa shape index (κ3) is 8.06. The molecule has 0 radical (unpaired) electrons. The Morgan fingerprint density at radius 1 is 1.00 bits per heavy atom. The second-order valence-corrected chi connectivity index (χ2v) is 12.3. The molecule has 1 saturated carbocycles. The molecule has 0 heterocycles. The minimum atomic E-state index is -3.53. The molecular formula is C29H41N3O4S. The van der Waals surface area contributed by atoms with Crippen molar-refractivity contribution in [3.8, 4) is 0 Å². The Morgan fingerprint density at radius 2 is 1.62 bits per heavy atom. The fraction of sp³-hybridized carbons (Fsp3) is 0.517. The number of sulfonamides is 1. The summed E-state index contributed by atoms with van der Waals surface area (Å²) in [5, 5.41) is 3.12. The third-order valence-electron chi connectivity index (χ3n) is 7.13. The first-order valence-corrected chi connectivity index (χ1v) is 15.0. The van der Waals surface area contributed by atoms with Gasteiger partial charge in [-0.3, -0.25) is 13.9 Å². The van der Waals surface area contributed by atoms with Crippen LogP contribution in [0.25, 0.3) is 0 Å². The highest BCUT2D eigenvalue weighted by atomic mass is 32.2. The SMILES string of the molecule is Cc1ccc(CN(C(=O)CCCN(c2cc(C)ccc2C)S(C)(=O)=O)[C@@H](C)C(=O)NC2CCCC2)cc1. The number of amides is 2. The van der Waals surface area contributed by atoms with Gasteiger partial charge in [-0.1, -0.05) is 54.8 Å². The predicted octanol–water partition coefficient (Wildman–Crippen LogP) is 4.63. The fourth-order valence-electron chi connectivity index (χ4n) is 4.84. The topological polar surface area (TPSA) is 86.8 Å². The minimum Gasteiger partial charge on any atom is -0.352 e. The molecule has 0 saturated heterocycles. The Kier molecular flexibility index (Phi) is 9.76. The molecule has 1 N–H and O–H groups in total. The maximum Gasteiger partial charge on any atom is 0.242 e. The average Bonchev–Trinajstić information content (AvgIpc) is 3.35. The molecule has 1 aliphatic carbocycles. The maximum atomic E-state index is 13.5. The highest BCUT2D eigenvalue weighted by Gasteiger charge is 2.29. The number of benzene rings is 2. The lowest BCUT2D eigenvalue weighted by Crippen LogP contribution is -2.49. The normalized spacial score (nSPS) is 14.8. The van der Waals surface area contributed by atoms with Crippen molar-refractivity contribution in [1.29, 1.82) is 0 Å². The molecule has 37 heavy (non-hydrogen) atoms. The van der Waals surface area contributed by atoms with E-state index < -0.39 is 16.1 Å². The first kappa shape index (κ1) is 28.7. The summed E-state index contributed by atoms with van der Waals surface area (Å²) in [6.07, 6.45) is 5.86. The van der Waals surface area contributed by atoms with Crippen LogP contribution in [0.4, 0.5) is 5.69 Å². The number of rotatable bonds is 11. The highest BCUT2D eigenvalue weighted by molar-refractivity contribution is 7.92. The number of carbonyl (C=O) groups excluding carboxylic acids is 2. The predicted molar refractivity (Wildman–Crippen MR) is 149 cm³/mol. The fourth-order valence-corrected chi connectivity index (χ4v) is 5.85. The standard InChI is InChI=1S/C29H41N3O4S/c1-21-13-16-25(17-14-21)20-31(24(4)29(34)30-26-9-6-7-10-26)28(33)11-8-18-32(37(5,35)36)27-19-22(2)12-15-23(27)3/h12-17,19,24,26H,6-11,18,20H2,1-5H3,(H,30,34)/t24-/m0/s1. The van der Waals surface area contributed by atoms with Crippen LogP contribution in [0.1, 0.15) is 67.7 Å². The van der Waals surface area contributed by atoms with Crippen molar-refractivity contribution < 1.29 is 18.0 Å². The zero-order valence-corrected chi connectivity index (χ0v) is 23.6. The molecule has 202 valence electrons. The van der Waals surface area contributed by atoms with Crippen LogP contribution in [-0.2, 0) is 26.2 Å². The van der Waals surface area contributed by atoms with E-state index in [0.717, 1.165) is 47.9 Å². The minimum absolute atomic E-state index is 0.138. The number of carbonyl (C=O) groups is 2. The quantitative estimate of drug-likeness (QED) is 0.461. The van der Waals surface area contributed by atoms with E-state index in [1.54, 1.807) is 11.8 Å².